The van der Waals surface area contributed by atoms with E-state index in [0.29, 0.717) is 0 Å². The van der Waals surface area contributed by atoms with Gasteiger partial charge in [-0.3, -0.25) is 0 Å². The summed E-state index contributed by atoms with van der Waals surface area (Å²) in [4.78, 5) is 4.89. The molecule has 0 aliphatic heterocycles. The van der Waals surface area contributed by atoms with Gasteiger partial charge in [0.2, 0.25) is 0 Å². The molecule has 0 amide bonds. The van der Waals surface area contributed by atoms with E-state index in [-0.39, 0.29) is 0 Å². The highest BCUT2D eigenvalue weighted by Crippen LogP contribution is 2.04. The first kappa shape index (κ1) is 18.9. The Kier molecular flexibility index (Phi) is 10.6. The molecule has 0 aromatic carbocycles. The Labute approximate surface area is 121 Å². The van der Waals surface area contributed by atoms with Crippen LogP contribution in [0.5, 0.6) is 0 Å². The number of rotatable bonds is 11. The summed E-state index contributed by atoms with van der Waals surface area (Å²) in [7, 11) is 4.31. The lowest BCUT2D eigenvalue weighted by Gasteiger charge is -2.28. The van der Waals surface area contributed by atoms with Gasteiger partial charge in [0.25, 0.3) is 0 Å². The number of hydrogen-bond donors (Lipinski definition) is 1. The molecule has 19 heavy (non-hydrogen) atoms. The average molecular weight is 271 g/mol. The van der Waals surface area contributed by atoms with Gasteiger partial charge >= 0.3 is 0 Å². The standard InChI is InChI=1S/C16H37N3/c1-14(2)10-17-11-16(5)13-19(12-15(3)4)9-8-18(6)7/h14-17H,8-13H2,1-7H3. The third kappa shape index (κ3) is 12.6. The lowest BCUT2D eigenvalue weighted by Crippen LogP contribution is -2.39. The van der Waals surface area contributed by atoms with E-state index >= 15 is 0 Å². The third-order valence-corrected chi connectivity index (χ3v) is 3.10. The van der Waals surface area contributed by atoms with Gasteiger partial charge in [-0.2, -0.15) is 0 Å². The van der Waals surface area contributed by atoms with Crippen LogP contribution in [-0.2, 0) is 0 Å². The summed E-state index contributed by atoms with van der Waals surface area (Å²) in [5.74, 6) is 2.21. The molecule has 0 aliphatic rings. The van der Waals surface area contributed by atoms with Crippen LogP contribution in [0.15, 0.2) is 0 Å². The molecule has 0 bridgehead atoms. The van der Waals surface area contributed by atoms with Crippen molar-refractivity contribution >= 4 is 0 Å². The van der Waals surface area contributed by atoms with E-state index in [1.807, 2.05) is 0 Å². The summed E-state index contributed by atoms with van der Waals surface area (Å²) in [6, 6.07) is 0. The van der Waals surface area contributed by atoms with E-state index < -0.39 is 0 Å². The number of nitrogens with one attached hydrogen (secondary N) is 1. The average Bonchev–Trinajstić information content (AvgIpc) is 2.24. The minimum Gasteiger partial charge on any atom is -0.316 e. The molecular weight excluding hydrogens is 234 g/mol. The van der Waals surface area contributed by atoms with E-state index in [4.69, 9.17) is 0 Å². The molecular formula is C16H37N3. The lowest BCUT2D eigenvalue weighted by atomic mass is 10.1. The van der Waals surface area contributed by atoms with Gasteiger partial charge in [-0.05, 0) is 44.9 Å². The van der Waals surface area contributed by atoms with E-state index in [9.17, 15) is 0 Å². The molecule has 116 valence electrons. The van der Waals surface area contributed by atoms with Crippen molar-refractivity contribution in [1.82, 2.24) is 15.1 Å². The van der Waals surface area contributed by atoms with Crippen LogP contribution >= 0.6 is 0 Å². The molecule has 0 saturated carbocycles. The molecule has 1 N–H and O–H groups in total. The summed E-state index contributed by atoms with van der Waals surface area (Å²) in [5.41, 5.74) is 0. The minimum absolute atomic E-state index is 0.722. The van der Waals surface area contributed by atoms with Gasteiger partial charge in [0.1, 0.15) is 0 Å². The predicted octanol–water partition coefficient (Wildman–Crippen LogP) is 2.39. The zero-order valence-electron chi connectivity index (χ0n) is 14.4. The van der Waals surface area contributed by atoms with Crippen molar-refractivity contribution in [3.63, 3.8) is 0 Å². The first-order valence-electron chi connectivity index (χ1n) is 7.89. The van der Waals surface area contributed by atoms with Crippen LogP contribution < -0.4 is 5.32 Å². The van der Waals surface area contributed by atoms with Crippen molar-refractivity contribution < 1.29 is 0 Å². The van der Waals surface area contributed by atoms with Gasteiger partial charge < -0.3 is 15.1 Å². The van der Waals surface area contributed by atoms with E-state index in [0.717, 1.165) is 37.4 Å². The maximum Gasteiger partial charge on any atom is 0.0109 e. The third-order valence-electron chi connectivity index (χ3n) is 3.10. The summed E-state index contributed by atoms with van der Waals surface area (Å²) >= 11 is 0. The van der Waals surface area contributed by atoms with Crippen molar-refractivity contribution in [2.24, 2.45) is 17.8 Å². The van der Waals surface area contributed by atoms with Crippen LogP contribution in [0.2, 0.25) is 0 Å². The summed E-state index contributed by atoms with van der Waals surface area (Å²) in [5, 5.41) is 3.57. The molecule has 0 radical (unpaired) electrons. The van der Waals surface area contributed by atoms with Gasteiger partial charge in [-0.15, -0.1) is 0 Å². The Bertz CT molecular complexity index is 202. The SMILES string of the molecule is CC(C)CNCC(C)CN(CCN(C)C)CC(C)C. The highest BCUT2D eigenvalue weighted by Gasteiger charge is 2.12. The van der Waals surface area contributed by atoms with Gasteiger partial charge in [-0.1, -0.05) is 34.6 Å². The summed E-state index contributed by atoms with van der Waals surface area (Å²) in [6.45, 7) is 18.5. The predicted molar refractivity (Wildman–Crippen MR) is 86.7 cm³/mol. The Morgan fingerprint density at radius 2 is 1.42 bits per heavy atom. The molecule has 0 spiro atoms. The molecule has 0 heterocycles. The van der Waals surface area contributed by atoms with Crippen molar-refractivity contribution in [1.29, 1.82) is 0 Å². The van der Waals surface area contributed by atoms with Crippen molar-refractivity contribution in [3.05, 3.63) is 0 Å². The second-order valence-electron chi connectivity index (χ2n) is 7.11. The van der Waals surface area contributed by atoms with Crippen LogP contribution in [0, 0.1) is 17.8 Å². The van der Waals surface area contributed by atoms with Crippen LogP contribution in [0.3, 0.4) is 0 Å². The van der Waals surface area contributed by atoms with Gasteiger partial charge in [0.15, 0.2) is 0 Å². The zero-order valence-corrected chi connectivity index (χ0v) is 14.4. The quantitative estimate of drug-likeness (QED) is 0.622. The van der Waals surface area contributed by atoms with Crippen LogP contribution in [0.1, 0.15) is 34.6 Å². The highest BCUT2D eigenvalue weighted by molar-refractivity contribution is 4.68. The number of hydrogen-bond acceptors (Lipinski definition) is 3. The first-order valence-corrected chi connectivity index (χ1v) is 7.89. The normalized spacial score (nSPS) is 14.1. The Morgan fingerprint density at radius 1 is 0.789 bits per heavy atom. The fourth-order valence-corrected chi connectivity index (χ4v) is 2.24. The molecule has 0 saturated heterocycles. The van der Waals surface area contributed by atoms with E-state index in [1.165, 1.54) is 19.6 Å². The molecule has 3 heteroatoms. The van der Waals surface area contributed by atoms with Crippen molar-refractivity contribution in [2.45, 2.75) is 34.6 Å². The van der Waals surface area contributed by atoms with Crippen molar-refractivity contribution in [3.8, 4) is 0 Å². The van der Waals surface area contributed by atoms with E-state index in [1.54, 1.807) is 0 Å². The molecule has 1 unspecified atom stereocenters. The molecule has 0 rings (SSSR count). The largest absolute Gasteiger partial charge is 0.316 e. The van der Waals surface area contributed by atoms with Crippen LogP contribution in [-0.4, -0.2) is 63.2 Å². The van der Waals surface area contributed by atoms with Crippen LogP contribution in [0.4, 0.5) is 0 Å². The van der Waals surface area contributed by atoms with Crippen molar-refractivity contribution in [2.75, 3.05) is 53.4 Å². The molecule has 0 aliphatic carbocycles. The van der Waals surface area contributed by atoms with Gasteiger partial charge in [0.05, 0.1) is 0 Å². The number of nitrogens with zero attached hydrogens (tertiary/aromatic N) is 2. The smallest absolute Gasteiger partial charge is 0.0109 e. The van der Waals surface area contributed by atoms with E-state index in [2.05, 4.69) is 63.8 Å². The highest BCUT2D eigenvalue weighted by atomic mass is 15.2. The maximum absolute atomic E-state index is 3.57. The topological polar surface area (TPSA) is 18.5 Å². The molecule has 1 atom stereocenters. The minimum atomic E-state index is 0.722. The molecule has 0 aromatic heterocycles. The lowest BCUT2D eigenvalue weighted by molar-refractivity contribution is 0.192. The fraction of sp³-hybridized carbons (Fsp3) is 1.00. The Hall–Kier alpha value is -0.120. The zero-order chi connectivity index (χ0) is 14.8. The molecule has 0 fully saturated rings. The maximum atomic E-state index is 3.57. The first-order chi connectivity index (χ1) is 8.81. The Balaban J connectivity index is 3.99. The van der Waals surface area contributed by atoms with Gasteiger partial charge in [-0.25, -0.2) is 0 Å². The number of likely N-dealkylation sites (N-methyl/N-ethyl adjacent to an activating group) is 1. The van der Waals surface area contributed by atoms with Crippen LogP contribution in [0.25, 0.3) is 0 Å². The fourth-order valence-electron chi connectivity index (χ4n) is 2.24. The summed E-state index contributed by atoms with van der Waals surface area (Å²) < 4.78 is 0. The molecule has 0 aromatic rings. The Morgan fingerprint density at radius 3 is 1.89 bits per heavy atom. The second-order valence-corrected chi connectivity index (χ2v) is 7.11. The van der Waals surface area contributed by atoms with Gasteiger partial charge in [0, 0.05) is 26.2 Å². The second kappa shape index (κ2) is 10.6. The summed E-state index contributed by atoms with van der Waals surface area (Å²) in [6.07, 6.45) is 0. The molecule has 3 nitrogen and oxygen atoms in total. The monoisotopic (exact) mass is 271 g/mol.